The summed E-state index contributed by atoms with van der Waals surface area (Å²) >= 11 is 5.83. The molecule has 1 saturated heterocycles. The van der Waals surface area contributed by atoms with Gasteiger partial charge in [0.25, 0.3) is 0 Å². The Kier molecular flexibility index (Phi) is 4.82. The van der Waals surface area contributed by atoms with Crippen molar-refractivity contribution in [3.63, 3.8) is 0 Å². The zero-order chi connectivity index (χ0) is 19.1. The van der Waals surface area contributed by atoms with Crippen molar-refractivity contribution in [1.29, 1.82) is 0 Å². The molecular formula is C23H30N2O2S. The third kappa shape index (κ3) is 3.54. The summed E-state index contributed by atoms with van der Waals surface area (Å²) in [6.45, 7) is 1.18. The van der Waals surface area contributed by atoms with Crippen LogP contribution in [0, 0.1) is 17.8 Å². The Hall–Kier alpha value is -1.62. The van der Waals surface area contributed by atoms with Crippen molar-refractivity contribution in [2.45, 2.75) is 69.6 Å². The summed E-state index contributed by atoms with van der Waals surface area (Å²) in [6.07, 6.45) is 9.87. The van der Waals surface area contributed by atoms with Gasteiger partial charge in [-0.25, -0.2) is 4.79 Å². The number of nitrogens with zero attached hydrogens (tertiary/aromatic N) is 1. The summed E-state index contributed by atoms with van der Waals surface area (Å²) in [4.78, 5) is 14.8. The van der Waals surface area contributed by atoms with Crippen LogP contribution >= 0.6 is 12.2 Å². The average molecular weight is 399 g/mol. The van der Waals surface area contributed by atoms with Crippen molar-refractivity contribution in [2.75, 3.05) is 6.54 Å². The maximum absolute atomic E-state index is 12.7. The summed E-state index contributed by atoms with van der Waals surface area (Å²) in [5.74, 6) is 2.50. The molecule has 1 N–H and O–H groups in total. The minimum Gasteiger partial charge on any atom is -0.459 e. The number of thiocarbonyl (C=S) groups is 1. The van der Waals surface area contributed by atoms with Crippen molar-refractivity contribution < 1.29 is 9.53 Å². The second-order valence-electron chi connectivity index (χ2n) is 9.57. The molecule has 1 aliphatic heterocycles. The molecule has 1 aromatic carbocycles. The molecule has 150 valence electrons. The van der Waals surface area contributed by atoms with Crippen molar-refractivity contribution in [1.82, 2.24) is 10.2 Å². The summed E-state index contributed by atoms with van der Waals surface area (Å²) in [5.41, 5.74) is 1.21. The molecule has 0 amide bonds. The van der Waals surface area contributed by atoms with Crippen LogP contribution in [0.5, 0.6) is 0 Å². The Labute approximate surface area is 173 Å². The first-order valence-electron chi connectivity index (χ1n) is 10.9. The first kappa shape index (κ1) is 18.4. The van der Waals surface area contributed by atoms with Gasteiger partial charge in [0.1, 0.15) is 12.6 Å². The molecule has 0 unspecified atom stereocenters. The fraction of sp³-hybridized carbons (Fsp3) is 0.652. The van der Waals surface area contributed by atoms with Gasteiger partial charge in [-0.1, -0.05) is 30.3 Å². The van der Waals surface area contributed by atoms with Crippen LogP contribution in [0.15, 0.2) is 30.3 Å². The Bertz CT molecular complexity index is 715. The van der Waals surface area contributed by atoms with Crippen molar-refractivity contribution in [3.8, 4) is 0 Å². The van der Waals surface area contributed by atoms with E-state index in [9.17, 15) is 4.79 Å². The second kappa shape index (κ2) is 7.33. The van der Waals surface area contributed by atoms with Gasteiger partial charge in [0.05, 0.1) is 0 Å². The summed E-state index contributed by atoms with van der Waals surface area (Å²) < 4.78 is 5.62. The zero-order valence-corrected chi connectivity index (χ0v) is 17.3. The highest BCUT2D eigenvalue weighted by Crippen LogP contribution is 2.55. The van der Waals surface area contributed by atoms with E-state index in [0.29, 0.717) is 6.61 Å². The van der Waals surface area contributed by atoms with Crippen molar-refractivity contribution in [3.05, 3.63) is 35.9 Å². The molecule has 4 nitrogen and oxygen atoms in total. The number of rotatable bonds is 4. The SMILES string of the molecule is O=C(OCc1ccccc1)[C@@H]1CCCN1C(=S)NC12CC3CC(CC(C3)C1)C2. The molecule has 1 atom stereocenters. The van der Waals surface area contributed by atoms with Gasteiger partial charge in [0.15, 0.2) is 5.11 Å². The van der Waals surface area contributed by atoms with Crippen LogP contribution in [0.25, 0.3) is 0 Å². The normalized spacial score (nSPS) is 35.8. The molecule has 0 spiro atoms. The Morgan fingerprint density at radius 2 is 1.75 bits per heavy atom. The smallest absolute Gasteiger partial charge is 0.329 e. The molecule has 4 saturated carbocycles. The number of likely N-dealkylation sites (tertiary alicyclic amines) is 1. The van der Waals surface area contributed by atoms with Crippen molar-refractivity contribution >= 4 is 23.3 Å². The van der Waals surface area contributed by atoms with Crippen LogP contribution in [-0.4, -0.2) is 34.1 Å². The van der Waals surface area contributed by atoms with E-state index < -0.39 is 0 Å². The van der Waals surface area contributed by atoms with E-state index in [1.54, 1.807) is 0 Å². The Balaban J connectivity index is 1.21. The lowest BCUT2D eigenvalue weighted by Crippen LogP contribution is -2.62. The molecule has 5 aliphatic rings. The second-order valence-corrected chi connectivity index (χ2v) is 9.96. The fourth-order valence-electron chi connectivity index (χ4n) is 6.64. The lowest BCUT2D eigenvalue weighted by molar-refractivity contribution is -0.149. The van der Waals surface area contributed by atoms with E-state index in [0.717, 1.165) is 47.8 Å². The molecular weight excluding hydrogens is 368 g/mol. The van der Waals surface area contributed by atoms with Gasteiger partial charge in [-0.3, -0.25) is 0 Å². The molecule has 5 fully saturated rings. The highest BCUT2D eigenvalue weighted by atomic mass is 32.1. The van der Waals surface area contributed by atoms with Gasteiger partial charge < -0.3 is 15.0 Å². The first-order valence-corrected chi connectivity index (χ1v) is 11.3. The molecule has 4 bridgehead atoms. The number of hydrogen-bond donors (Lipinski definition) is 1. The monoisotopic (exact) mass is 398 g/mol. The third-order valence-electron chi connectivity index (χ3n) is 7.42. The zero-order valence-electron chi connectivity index (χ0n) is 16.4. The number of hydrogen-bond acceptors (Lipinski definition) is 3. The van der Waals surface area contributed by atoms with E-state index >= 15 is 0 Å². The molecule has 4 aliphatic carbocycles. The highest BCUT2D eigenvalue weighted by molar-refractivity contribution is 7.80. The fourth-order valence-corrected chi connectivity index (χ4v) is 7.08. The van der Waals surface area contributed by atoms with Crippen LogP contribution in [-0.2, 0) is 16.1 Å². The largest absolute Gasteiger partial charge is 0.459 e. The summed E-state index contributed by atoms with van der Waals surface area (Å²) in [6, 6.07) is 9.64. The molecule has 1 heterocycles. The first-order chi connectivity index (χ1) is 13.6. The molecule has 28 heavy (non-hydrogen) atoms. The number of carbonyl (C=O) groups is 1. The third-order valence-corrected chi connectivity index (χ3v) is 7.76. The van der Waals surface area contributed by atoms with Gasteiger partial charge in [0, 0.05) is 12.1 Å². The maximum atomic E-state index is 12.7. The number of ether oxygens (including phenoxy) is 1. The minimum absolute atomic E-state index is 0.143. The standard InChI is InChI=1S/C23H30N2O2S/c26-21(27-15-16-5-2-1-3-6-16)20-7-4-8-25(20)22(28)24-23-12-17-9-18(13-23)11-19(10-17)14-23/h1-3,5-6,17-20H,4,7-15H2,(H,24,28)/t17?,18?,19?,20-,23?/m0/s1. The molecule has 6 rings (SSSR count). The quantitative estimate of drug-likeness (QED) is 0.612. The number of nitrogens with one attached hydrogen (secondary N) is 1. The average Bonchev–Trinajstić information content (AvgIpc) is 3.16. The highest BCUT2D eigenvalue weighted by Gasteiger charge is 2.51. The lowest BCUT2D eigenvalue weighted by Gasteiger charge is -2.57. The number of benzene rings is 1. The molecule has 1 aromatic rings. The van der Waals surface area contributed by atoms with Gasteiger partial charge in [-0.2, -0.15) is 0 Å². The van der Waals surface area contributed by atoms with E-state index in [2.05, 4.69) is 10.2 Å². The van der Waals surface area contributed by atoms with E-state index in [4.69, 9.17) is 17.0 Å². The topological polar surface area (TPSA) is 41.6 Å². The number of esters is 1. The van der Waals surface area contributed by atoms with Gasteiger partial charge >= 0.3 is 5.97 Å². The number of carbonyl (C=O) groups excluding carboxylic acids is 1. The maximum Gasteiger partial charge on any atom is 0.329 e. The molecule has 0 aromatic heterocycles. The lowest BCUT2D eigenvalue weighted by atomic mass is 9.53. The summed E-state index contributed by atoms with van der Waals surface area (Å²) in [5, 5.41) is 4.55. The Morgan fingerprint density at radius 1 is 1.11 bits per heavy atom. The molecule has 0 radical (unpaired) electrons. The van der Waals surface area contributed by atoms with E-state index in [1.807, 2.05) is 30.3 Å². The van der Waals surface area contributed by atoms with Gasteiger partial charge in [0.2, 0.25) is 0 Å². The van der Waals surface area contributed by atoms with Crippen LogP contribution in [0.2, 0.25) is 0 Å². The Morgan fingerprint density at radius 3 is 2.39 bits per heavy atom. The van der Waals surface area contributed by atoms with Crippen LogP contribution in [0.1, 0.15) is 56.9 Å². The van der Waals surface area contributed by atoms with Crippen LogP contribution < -0.4 is 5.32 Å². The summed E-state index contributed by atoms with van der Waals surface area (Å²) in [7, 11) is 0. The van der Waals surface area contributed by atoms with Gasteiger partial charge in [-0.05, 0) is 86.9 Å². The predicted molar refractivity (Wildman–Crippen MR) is 113 cm³/mol. The van der Waals surface area contributed by atoms with Crippen LogP contribution in [0.4, 0.5) is 0 Å². The minimum atomic E-state index is -0.238. The van der Waals surface area contributed by atoms with E-state index in [-0.39, 0.29) is 17.6 Å². The molecule has 5 heteroatoms. The predicted octanol–water partition coefficient (Wildman–Crippen LogP) is 4.04. The van der Waals surface area contributed by atoms with E-state index in [1.165, 1.54) is 38.5 Å². The van der Waals surface area contributed by atoms with Gasteiger partial charge in [-0.15, -0.1) is 0 Å². The van der Waals surface area contributed by atoms with Crippen LogP contribution in [0.3, 0.4) is 0 Å². The van der Waals surface area contributed by atoms with Crippen molar-refractivity contribution in [2.24, 2.45) is 17.8 Å².